The SMILES string of the molecule is COc1ccccc1OCC(COc1ccccc1OC)OC. The highest BCUT2D eigenvalue weighted by Crippen LogP contribution is 2.27. The number of para-hydroxylation sites is 4. The van der Waals surface area contributed by atoms with E-state index in [0.717, 1.165) is 0 Å². The second kappa shape index (κ2) is 8.90. The van der Waals surface area contributed by atoms with E-state index in [2.05, 4.69) is 0 Å². The molecule has 0 amide bonds. The number of benzene rings is 2. The first-order chi connectivity index (χ1) is 11.3. The number of hydrogen-bond donors (Lipinski definition) is 0. The van der Waals surface area contributed by atoms with Gasteiger partial charge in [-0.1, -0.05) is 24.3 Å². The standard InChI is InChI=1S/C18H22O5/c1-19-14(12-22-17-10-6-4-8-15(17)20-2)13-23-18-11-7-5-9-16(18)21-3/h4-11,14H,12-13H2,1-3H3. The topological polar surface area (TPSA) is 46.2 Å². The highest BCUT2D eigenvalue weighted by Gasteiger charge is 2.13. The van der Waals surface area contributed by atoms with Crippen LogP contribution in [0.3, 0.4) is 0 Å². The van der Waals surface area contributed by atoms with Crippen molar-refractivity contribution in [3.05, 3.63) is 48.5 Å². The fourth-order valence-electron chi connectivity index (χ4n) is 2.03. The first kappa shape index (κ1) is 17.0. The lowest BCUT2D eigenvalue weighted by Gasteiger charge is -2.18. The Morgan fingerprint density at radius 1 is 0.652 bits per heavy atom. The minimum absolute atomic E-state index is 0.218. The molecule has 0 spiro atoms. The predicted octanol–water partition coefficient (Wildman–Crippen LogP) is 3.18. The maximum Gasteiger partial charge on any atom is 0.161 e. The Labute approximate surface area is 136 Å². The van der Waals surface area contributed by atoms with Crippen LogP contribution in [0.4, 0.5) is 0 Å². The van der Waals surface area contributed by atoms with E-state index in [1.54, 1.807) is 21.3 Å². The molecule has 0 saturated carbocycles. The summed E-state index contributed by atoms with van der Waals surface area (Å²) < 4.78 is 27.5. The summed E-state index contributed by atoms with van der Waals surface area (Å²) in [4.78, 5) is 0. The molecule has 2 aromatic rings. The molecule has 2 aromatic carbocycles. The summed E-state index contributed by atoms with van der Waals surface area (Å²) in [5.41, 5.74) is 0. The molecule has 0 aromatic heterocycles. The van der Waals surface area contributed by atoms with Crippen molar-refractivity contribution >= 4 is 0 Å². The molecule has 0 N–H and O–H groups in total. The normalized spacial score (nSPS) is 10.4. The Morgan fingerprint density at radius 3 is 1.39 bits per heavy atom. The van der Waals surface area contributed by atoms with E-state index in [-0.39, 0.29) is 6.10 Å². The van der Waals surface area contributed by atoms with Gasteiger partial charge in [0.15, 0.2) is 23.0 Å². The average molecular weight is 318 g/mol. The Hall–Kier alpha value is -2.40. The Bertz CT molecular complexity index is 548. The van der Waals surface area contributed by atoms with E-state index < -0.39 is 0 Å². The molecule has 23 heavy (non-hydrogen) atoms. The summed E-state index contributed by atoms with van der Waals surface area (Å²) in [6.45, 7) is 0.706. The van der Waals surface area contributed by atoms with Crippen molar-refractivity contribution in [3.63, 3.8) is 0 Å². The average Bonchev–Trinajstić information content (AvgIpc) is 2.62. The molecule has 0 aliphatic rings. The summed E-state index contributed by atoms with van der Waals surface area (Å²) in [7, 11) is 4.85. The fourth-order valence-corrected chi connectivity index (χ4v) is 2.03. The zero-order valence-electron chi connectivity index (χ0n) is 13.7. The third-order valence-electron chi connectivity index (χ3n) is 3.32. The van der Waals surface area contributed by atoms with Gasteiger partial charge in [0.2, 0.25) is 0 Å². The van der Waals surface area contributed by atoms with Crippen LogP contribution in [-0.4, -0.2) is 40.6 Å². The van der Waals surface area contributed by atoms with Gasteiger partial charge in [-0.05, 0) is 24.3 Å². The van der Waals surface area contributed by atoms with Gasteiger partial charge >= 0.3 is 0 Å². The molecule has 0 bridgehead atoms. The van der Waals surface area contributed by atoms with Crippen LogP contribution in [0.25, 0.3) is 0 Å². The maximum absolute atomic E-state index is 5.76. The lowest BCUT2D eigenvalue weighted by atomic mass is 10.3. The van der Waals surface area contributed by atoms with Crippen molar-refractivity contribution in [3.8, 4) is 23.0 Å². The van der Waals surface area contributed by atoms with E-state index in [1.165, 1.54) is 0 Å². The Balaban J connectivity index is 1.90. The van der Waals surface area contributed by atoms with Gasteiger partial charge in [-0.25, -0.2) is 0 Å². The summed E-state index contributed by atoms with van der Waals surface area (Å²) in [6, 6.07) is 15.0. The second-order valence-electron chi connectivity index (χ2n) is 4.78. The molecule has 0 atom stereocenters. The zero-order chi connectivity index (χ0) is 16.5. The molecule has 0 radical (unpaired) electrons. The molecule has 0 saturated heterocycles. The Morgan fingerprint density at radius 2 is 1.04 bits per heavy atom. The van der Waals surface area contributed by atoms with Crippen molar-refractivity contribution < 1.29 is 23.7 Å². The van der Waals surface area contributed by atoms with Gasteiger partial charge in [0, 0.05) is 7.11 Å². The summed E-state index contributed by atoms with van der Waals surface area (Å²) in [5, 5.41) is 0. The molecule has 2 rings (SSSR count). The van der Waals surface area contributed by atoms with Crippen molar-refractivity contribution in [2.24, 2.45) is 0 Å². The largest absolute Gasteiger partial charge is 0.493 e. The van der Waals surface area contributed by atoms with Gasteiger partial charge in [0.05, 0.1) is 14.2 Å². The van der Waals surface area contributed by atoms with Crippen LogP contribution in [0.1, 0.15) is 0 Å². The second-order valence-corrected chi connectivity index (χ2v) is 4.78. The molecule has 0 aliphatic carbocycles. The van der Waals surface area contributed by atoms with Gasteiger partial charge in [0.1, 0.15) is 19.3 Å². The predicted molar refractivity (Wildman–Crippen MR) is 87.8 cm³/mol. The number of ether oxygens (including phenoxy) is 5. The van der Waals surface area contributed by atoms with Crippen molar-refractivity contribution in [2.45, 2.75) is 6.10 Å². The van der Waals surface area contributed by atoms with Crippen LogP contribution < -0.4 is 18.9 Å². The molecule has 0 unspecified atom stereocenters. The molecule has 5 heteroatoms. The van der Waals surface area contributed by atoms with Crippen LogP contribution in [0, 0.1) is 0 Å². The van der Waals surface area contributed by atoms with Gasteiger partial charge in [0.25, 0.3) is 0 Å². The number of rotatable bonds is 9. The van der Waals surface area contributed by atoms with E-state index in [4.69, 9.17) is 23.7 Å². The summed E-state index contributed by atoms with van der Waals surface area (Å²) >= 11 is 0. The first-order valence-electron chi connectivity index (χ1n) is 7.33. The van der Waals surface area contributed by atoms with Gasteiger partial charge in [-0.2, -0.15) is 0 Å². The van der Waals surface area contributed by atoms with Gasteiger partial charge < -0.3 is 23.7 Å². The van der Waals surface area contributed by atoms with E-state index in [0.29, 0.717) is 36.2 Å². The van der Waals surface area contributed by atoms with Crippen molar-refractivity contribution in [1.82, 2.24) is 0 Å². The first-order valence-corrected chi connectivity index (χ1v) is 7.33. The van der Waals surface area contributed by atoms with Crippen LogP contribution in [-0.2, 0) is 4.74 Å². The summed E-state index contributed by atoms with van der Waals surface area (Å²) in [5.74, 6) is 2.73. The lowest BCUT2D eigenvalue weighted by Crippen LogP contribution is -2.27. The third-order valence-corrected chi connectivity index (χ3v) is 3.32. The molecule has 0 heterocycles. The fraction of sp³-hybridized carbons (Fsp3) is 0.333. The van der Waals surface area contributed by atoms with Crippen LogP contribution in [0.15, 0.2) is 48.5 Å². The lowest BCUT2D eigenvalue weighted by molar-refractivity contribution is 0.0225. The van der Waals surface area contributed by atoms with Crippen LogP contribution in [0.5, 0.6) is 23.0 Å². The van der Waals surface area contributed by atoms with E-state index in [9.17, 15) is 0 Å². The molecular weight excluding hydrogens is 296 g/mol. The summed E-state index contributed by atoms with van der Waals surface area (Å²) in [6.07, 6.45) is -0.218. The van der Waals surface area contributed by atoms with Gasteiger partial charge in [-0.3, -0.25) is 0 Å². The Kier molecular flexibility index (Phi) is 6.56. The van der Waals surface area contributed by atoms with Crippen LogP contribution >= 0.6 is 0 Å². The number of hydrogen-bond acceptors (Lipinski definition) is 5. The van der Waals surface area contributed by atoms with Crippen molar-refractivity contribution in [2.75, 3.05) is 34.5 Å². The van der Waals surface area contributed by atoms with E-state index >= 15 is 0 Å². The smallest absolute Gasteiger partial charge is 0.161 e. The third kappa shape index (κ3) is 4.79. The molecule has 5 nitrogen and oxygen atoms in total. The minimum Gasteiger partial charge on any atom is -0.493 e. The molecule has 0 aliphatic heterocycles. The minimum atomic E-state index is -0.218. The van der Waals surface area contributed by atoms with Crippen LogP contribution in [0.2, 0.25) is 0 Å². The molecule has 0 fully saturated rings. The highest BCUT2D eigenvalue weighted by atomic mass is 16.6. The monoisotopic (exact) mass is 318 g/mol. The van der Waals surface area contributed by atoms with E-state index in [1.807, 2.05) is 48.5 Å². The maximum atomic E-state index is 5.76. The molecule has 124 valence electrons. The number of methoxy groups -OCH3 is 3. The van der Waals surface area contributed by atoms with Gasteiger partial charge in [-0.15, -0.1) is 0 Å². The highest BCUT2D eigenvalue weighted by molar-refractivity contribution is 5.40. The zero-order valence-corrected chi connectivity index (χ0v) is 13.7. The van der Waals surface area contributed by atoms with Crippen molar-refractivity contribution in [1.29, 1.82) is 0 Å². The molecular formula is C18H22O5. The quantitative estimate of drug-likeness (QED) is 0.710.